The third kappa shape index (κ3) is 2.23. The molecule has 1 heterocycles. The van der Waals surface area contributed by atoms with Crippen LogP contribution in [0.4, 0.5) is 0 Å². The maximum absolute atomic E-state index is 11.0. The Morgan fingerprint density at radius 3 is 2.93 bits per heavy atom. The predicted molar refractivity (Wildman–Crippen MR) is 52.4 cm³/mol. The highest BCUT2D eigenvalue weighted by atomic mass is 16.5. The van der Waals surface area contributed by atoms with Gasteiger partial charge in [0.1, 0.15) is 11.5 Å². The molecular formula is C10H12O4. The van der Waals surface area contributed by atoms with E-state index in [-0.39, 0.29) is 6.61 Å². The first-order valence-electron chi connectivity index (χ1n) is 4.15. The summed E-state index contributed by atoms with van der Waals surface area (Å²) >= 11 is 0. The number of methoxy groups -OCH3 is 1. The van der Waals surface area contributed by atoms with Gasteiger partial charge in [-0.1, -0.05) is 6.08 Å². The van der Waals surface area contributed by atoms with Crippen molar-refractivity contribution < 1.29 is 14.3 Å². The quantitative estimate of drug-likeness (QED) is 0.782. The molecule has 76 valence electrons. The third-order valence-electron chi connectivity index (χ3n) is 1.79. The van der Waals surface area contributed by atoms with Crippen LogP contribution >= 0.6 is 0 Å². The molecule has 1 aromatic rings. The number of rotatable bonds is 3. The fraction of sp³-hybridized carbons (Fsp3) is 0.300. The van der Waals surface area contributed by atoms with E-state index in [0.29, 0.717) is 11.5 Å². The number of hydrogen-bond acceptors (Lipinski definition) is 4. The summed E-state index contributed by atoms with van der Waals surface area (Å²) in [7, 11) is 1.49. The monoisotopic (exact) mass is 196 g/mol. The molecule has 1 rings (SSSR count). The second kappa shape index (κ2) is 4.62. The average molecular weight is 196 g/mol. The molecule has 0 aliphatic rings. The smallest absolute Gasteiger partial charge is 0.339 e. The molecule has 1 aromatic heterocycles. The van der Waals surface area contributed by atoms with Crippen molar-refractivity contribution in [1.29, 1.82) is 0 Å². The molecule has 0 aliphatic heterocycles. The molecule has 1 N–H and O–H groups in total. The SMILES string of the molecule is COc1cc(=O)oc(/C=C/CO)c1C. The van der Waals surface area contributed by atoms with Crippen LogP contribution in [0.5, 0.6) is 5.75 Å². The molecule has 4 nitrogen and oxygen atoms in total. The van der Waals surface area contributed by atoms with Crippen molar-refractivity contribution in [2.75, 3.05) is 13.7 Å². The minimum Gasteiger partial charge on any atom is -0.496 e. The van der Waals surface area contributed by atoms with Gasteiger partial charge < -0.3 is 14.3 Å². The van der Waals surface area contributed by atoms with Gasteiger partial charge in [0.25, 0.3) is 0 Å². The van der Waals surface area contributed by atoms with Crippen LogP contribution in [0.1, 0.15) is 11.3 Å². The minimum atomic E-state index is -0.468. The molecule has 14 heavy (non-hydrogen) atoms. The van der Waals surface area contributed by atoms with Crippen LogP contribution in [0.2, 0.25) is 0 Å². The standard InChI is InChI=1S/C10H12O4/c1-7-8(4-3-5-11)14-10(12)6-9(7)13-2/h3-4,6,11H,5H2,1-2H3/b4-3+. The van der Waals surface area contributed by atoms with E-state index in [2.05, 4.69) is 0 Å². The fourth-order valence-corrected chi connectivity index (χ4v) is 1.08. The lowest BCUT2D eigenvalue weighted by atomic mass is 10.2. The van der Waals surface area contributed by atoms with Gasteiger partial charge in [0, 0.05) is 5.56 Å². The minimum absolute atomic E-state index is 0.0969. The lowest BCUT2D eigenvalue weighted by Gasteiger charge is -2.04. The Kier molecular flexibility index (Phi) is 3.48. The van der Waals surface area contributed by atoms with Gasteiger partial charge in [-0.25, -0.2) is 4.79 Å². The van der Waals surface area contributed by atoms with Crippen molar-refractivity contribution in [3.8, 4) is 5.75 Å². The van der Waals surface area contributed by atoms with Gasteiger partial charge in [-0.15, -0.1) is 0 Å². The molecule has 0 saturated carbocycles. The number of aliphatic hydroxyl groups excluding tert-OH is 1. The summed E-state index contributed by atoms with van der Waals surface area (Å²) in [6.45, 7) is 1.68. The Morgan fingerprint density at radius 2 is 2.36 bits per heavy atom. The molecule has 0 radical (unpaired) electrons. The van der Waals surface area contributed by atoms with Crippen molar-refractivity contribution in [3.63, 3.8) is 0 Å². The lowest BCUT2D eigenvalue weighted by molar-refractivity contribution is 0.343. The molecule has 0 aliphatic carbocycles. The molecule has 0 amide bonds. The molecular weight excluding hydrogens is 184 g/mol. The Bertz CT molecular complexity index is 390. The highest BCUT2D eigenvalue weighted by Crippen LogP contribution is 2.19. The highest BCUT2D eigenvalue weighted by molar-refractivity contribution is 5.51. The van der Waals surface area contributed by atoms with E-state index in [1.54, 1.807) is 13.0 Å². The Labute approximate surface area is 81.4 Å². The largest absolute Gasteiger partial charge is 0.496 e. The average Bonchev–Trinajstić information content (AvgIpc) is 2.18. The number of ether oxygens (including phenoxy) is 1. The maximum atomic E-state index is 11.0. The van der Waals surface area contributed by atoms with Crippen molar-refractivity contribution >= 4 is 6.08 Å². The van der Waals surface area contributed by atoms with Crippen LogP contribution in [0, 0.1) is 6.92 Å². The normalized spacial score (nSPS) is 10.8. The van der Waals surface area contributed by atoms with Gasteiger partial charge >= 0.3 is 5.63 Å². The molecule has 0 unspecified atom stereocenters. The van der Waals surface area contributed by atoms with Gasteiger partial charge in [0.2, 0.25) is 0 Å². The van der Waals surface area contributed by atoms with E-state index < -0.39 is 5.63 Å². The second-order valence-corrected chi connectivity index (χ2v) is 2.71. The summed E-state index contributed by atoms with van der Waals surface area (Å²) in [6, 6.07) is 1.28. The summed E-state index contributed by atoms with van der Waals surface area (Å²) in [4.78, 5) is 11.0. The van der Waals surface area contributed by atoms with E-state index in [9.17, 15) is 4.79 Å². The highest BCUT2D eigenvalue weighted by Gasteiger charge is 2.06. The Morgan fingerprint density at radius 1 is 1.64 bits per heavy atom. The van der Waals surface area contributed by atoms with Gasteiger partial charge in [0.15, 0.2) is 0 Å². The molecule has 0 atom stereocenters. The van der Waals surface area contributed by atoms with Gasteiger partial charge in [-0.3, -0.25) is 0 Å². The van der Waals surface area contributed by atoms with Crippen molar-refractivity contribution in [3.05, 3.63) is 33.9 Å². The molecule has 0 fully saturated rings. The summed E-state index contributed by atoms with van der Waals surface area (Å²) in [5.41, 5.74) is 0.266. The Balaban J connectivity index is 3.22. The first-order valence-corrected chi connectivity index (χ1v) is 4.15. The van der Waals surface area contributed by atoms with Gasteiger partial charge in [-0.2, -0.15) is 0 Å². The summed E-state index contributed by atoms with van der Waals surface area (Å²) < 4.78 is 9.91. The van der Waals surface area contributed by atoms with E-state index in [4.69, 9.17) is 14.3 Å². The van der Waals surface area contributed by atoms with E-state index >= 15 is 0 Å². The van der Waals surface area contributed by atoms with Gasteiger partial charge in [-0.05, 0) is 13.0 Å². The first-order chi connectivity index (χ1) is 6.69. The summed E-state index contributed by atoms with van der Waals surface area (Å²) in [5.74, 6) is 0.891. The fourth-order valence-electron chi connectivity index (χ4n) is 1.08. The van der Waals surface area contributed by atoms with Gasteiger partial charge in [0.05, 0.1) is 19.8 Å². The first kappa shape index (κ1) is 10.5. The Hall–Kier alpha value is -1.55. The van der Waals surface area contributed by atoms with Crippen molar-refractivity contribution in [2.45, 2.75) is 6.92 Å². The van der Waals surface area contributed by atoms with E-state index in [1.807, 2.05) is 0 Å². The third-order valence-corrected chi connectivity index (χ3v) is 1.79. The number of aliphatic hydroxyl groups is 1. The second-order valence-electron chi connectivity index (χ2n) is 2.71. The van der Waals surface area contributed by atoms with Crippen LogP contribution in [-0.4, -0.2) is 18.8 Å². The summed E-state index contributed by atoms with van der Waals surface area (Å²) in [5, 5.41) is 8.58. The van der Waals surface area contributed by atoms with Crippen LogP contribution in [0.25, 0.3) is 6.08 Å². The molecule has 4 heteroatoms. The molecule has 0 spiro atoms. The molecule has 0 saturated heterocycles. The van der Waals surface area contributed by atoms with Crippen LogP contribution in [-0.2, 0) is 0 Å². The predicted octanol–water partition coefficient (Wildman–Crippen LogP) is 0.962. The van der Waals surface area contributed by atoms with Crippen LogP contribution in [0.3, 0.4) is 0 Å². The topological polar surface area (TPSA) is 59.7 Å². The zero-order valence-corrected chi connectivity index (χ0v) is 8.11. The summed E-state index contributed by atoms with van der Waals surface area (Å²) in [6.07, 6.45) is 3.03. The zero-order chi connectivity index (χ0) is 10.6. The van der Waals surface area contributed by atoms with Crippen molar-refractivity contribution in [2.24, 2.45) is 0 Å². The maximum Gasteiger partial charge on any atom is 0.339 e. The zero-order valence-electron chi connectivity index (χ0n) is 8.11. The van der Waals surface area contributed by atoms with Crippen LogP contribution in [0.15, 0.2) is 21.4 Å². The van der Waals surface area contributed by atoms with E-state index in [1.165, 1.54) is 19.3 Å². The van der Waals surface area contributed by atoms with Crippen LogP contribution < -0.4 is 10.4 Å². The van der Waals surface area contributed by atoms with E-state index in [0.717, 1.165) is 5.56 Å². The molecule has 0 aromatic carbocycles. The lowest BCUT2D eigenvalue weighted by Crippen LogP contribution is -2.02. The van der Waals surface area contributed by atoms with Crippen molar-refractivity contribution in [1.82, 2.24) is 0 Å². The number of hydrogen-bond donors (Lipinski definition) is 1. The molecule has 0 bridgehead atoms.